The van der Waals surface area contributed by atoms with Crippen LogP contribution in [0.1, 0.15) is 23.1 Å². The third-order valence-electron chi connectivity index (χ3n) is 5.06. The van der Waals surface area contributed by atoms with Gasteiger partial charge >= 0.3 is 0 Å². The van der Waals surface area contributed by atoms with Gasteiger partial charge in [0.25, 0.3) is 0 Å². The zero-order chi connectivity index (χ0) is 21.8. The van der Waals surface area contributed by atoms with Gasteiger partial charge in [0.2, 0.25) is 5.91 Å². The number of halogens is 1. The van der Waals surface area contributed by atoms with Crippen molar-refractivity contribution in [2.45, 2.75) is 31.7 Å². The smallest absolute Gasteiger partial charge is 0.229 e. The van der Waals surface area contributed by atoms with Crippen molar-refractivity contribution in [2.24, 2.45) is 0 Å². The number of thiazole rings is 1. The highest BCUT2D eigenvalue weighted by Gasteiger charge is 2.21. The Bertz CT molecular complexity index is 1190. The summed E-state index contributed by atoms with van der Waals surface area (Å²) in [4.78, 5) is 21.1. The van der Waals surface area contributed by atoms with Crippen LogP contribution >= 0.6 is 34.7 Å². The van der Waals surface area contributed by atoms with Crippen LogP contribution in [0.4, 0.5) is 5.13 Å². The minimum Gasteiger partial charge on any atom is -0.284 e. The lowest BCUT2D eigenvalue weighted by atomic mass is 10.2. The Balaban J connectivity index is 1.56. The van der Waals surface area contributed by atoms with Crippen LogP contribution in [0.2, 0.25) is 5.02 Å². The van der Waals surface area contributed by atoms with Crippen LogP contribution in [0.5, 0.6) is 0 Å². The van der Waals surface area contributed by atoms with E-state index in [-0.39, 0.29) is 5.91 Å². The van der Waals surface area contributed by atoms with E-state index in [0.29, 0.717) is 18.0 Å². The molecule has 0 unspecified atom stereocenters. The van der Waals surface area contributed by atoms with Crippen LogP contribution in [0, 0.1) is 13.8 Å². The normalized spacial score (nSPS) is 11.1. The Hall–Kier alpha value is -2.34. The molecule has 0 aliphatic heterocycles. The molecule has 1 aromatic heterocycles. The molecule has 3 aromatic carbocycles. The molecule has 0 radical (unpaired) electrons. The summed E-state index contributed by atoms with van der Waals surface area (Å²) in [5.41, 5.74) is 4.13. The van der Waals surface area contributed by atoms with Gasteiger partial charge in [0.05, 0.1) is 16.8 Å². The maximum atomic E-state index is 13.3. The van der Waals surface area contributed by atoms with Gasteiger partial charge < -0.3 is 0 Å². The Kier molecular flexibility index (Phi) is 6.96. The zero-order valence-corrected chi connectivity index (χ0v) is 19.9. The molecule has 158 valence electrons. The molecule has 0 spiro atoms. The van der Waals surface area contributed by atoms with Crippen molar-refractivity contribution in [1.82, 2.24) is 4.98 Å². The second-order valence-corrected chi connectivity index (χ2v) is 9.98. The SMILES string of the molecule is Cc1ccc(SCCC(=O)N(Cc2ccccc2)c2nc3c(C)c(Cl)ccc3s2)cc1. The number of carbonyl (C=O) groups excluding carboxylic acids is 1. The molecule has 3 nitrogen and oxygen atoms in total. The molecule has 6 heteroatoms. The molecule has 0 fully saturated rings. The van der Waals surface area contributed by atoms with Gasteiger partial charge in [-0.15, -0.1) is 11.8 Å². The van der Waals surface area contributed by atoms with E-state index in [1.807, 2.05) is 54.3 Å². The molecule has 4 aromatic rings. The number of nitrogens with zero attached hydrogens (tertiary/aromatic N) is 2. The lowest BCUT2D eigenvalue weighted by Crippen LogP contribution is -2.30. The number of benzene rings is 3. The number of fused-ring (bicyclic) bond motifs is 1. The maximum Gasteiger partial charge on any atom is 0.229 e. The fraction of sp³-hybridized carbons (Fsp3) is 0.200. The molecule has 0 N–H and O–H groups in total. The number of anilines is 1. The number of thioether (sulfide) groups is 1. The quantitative estimate of drug-likeness (QED) is 0.268. The number of rotatable bonds is 7. The molecular formula is C25H23ClN2OS2. The third kappa shape index (κ3) is 5.29. The van der Waals surface area contributed by atoms with E-state index < -0.39 is 0 Å². The minimum atomic E-state index is 0.0753. The van der Waals surface area contributed by atoms with Crippen LogP contribution < -0.4 is 4.90 Å². The zero-order valence-electron chi connectivity index (χ0n) is 17.5. The molecule has 4 rings (SSSR count). The van der Waals surface area contributed by atoms with Gasteiger partial charge in [0.1, 0.15) is 0 Å². The summed E-state index contributed by atoms with van der Waals surface area (Å²) >= 11 is 9.53. The predicted octanol–water partition coefficient (Wildman–Crippen LogP) is 7.28. The lowest BCUT2D eigenvalue weighted by molar-refractivity contribution is -0.118. The van der Waals surface area contributed by atoms with Gasteiger partial charge in [-0.2, -0.15) is 0 Å². The van der Waals surface area contributed by atoms with Gasteiger partial charge in [-0.05, 0) is 49.2 Å². The first-order chi connectivity index (χ1) is 15.0. The fourth-order valence-electron chi connectivity index (χ4n) is 3.26. The molecule has 1 amide bonds. The van der Waals surface area contributed by atoms with Gasteiger partial charge in [0, 0.05) is 22.1 Å². The number of aryl methyl sites for hydroxylation is 2. The number of hydrogen-bond acceptors (Lipinski definition) is 4. The Morgan fingerprint density at radius 3 is 2.52 bits per heavy atom. The third-order valence-corrected chi connectivity index (χ3v) is 7.52. The van der Waals surface area contributed by atoms with Gasteiger partial charge in [0.15, 0.2) is 5.13 Å². The lowest BCUT2D eigenvalue weighted by Gasteiger charge is -2.20. The molecule has 0 bridgehead atoms. The topological polar surface area (TPSA) is 33.2 Å². The first-order valence-electron chi connectivity index (χ1n) is 10.1. The van der Waals surface area contributed by atoms with Gasteiger partial charge in [-0.3, -0.25) is 9.69 Å². The second kappa shape index (κ2) is 9.86. The van der Waals surface area contributed by atoms with Crippen molar-refractivity contribution in [3.8, 4) is 0 Å². The van der Waals surface area contributed by atoms with Crippen LogP contribution in [-0.4, -0.2) is 16.6 Å². The van der Waals surface area contributed by atoms with Crippen LogP contribution in [-0.2, 0) is 11.3 Å². The Morgan fingerprint density at radius 2 is 1.77 bits per heavy atom. The summed E-state index contributed by atoms with van der Waals surface area (Å²) in [6.07, 6.45) is 0.445. The molecule has 0 aliphatic carbocycles. The Labute approximate surface area is 196 Å². The van der Waals surface area contributed by atoms with E-state index in [1.165, 1.54) is 21.8 Å². The van der Waals surface area contributed by atoms with Crippen molar-refractivity contribution in [2.75, 3.05) is 10.7 Å². The molecule has 0 aliphatic rings. The van der Waals surface area contributed by atoms with E-state index in [9.17, 15) is 4.79 Å². The van der Waals surface area contributed by atoms with Crippen LogP contribution in [0.15, 0.2) is 71.6 Å². The van der Waals surface area contributed by atoms with E-state index in [0.717, 1.165) is 32.2 Å². The van der Waals surface area contributed by atoms with E-state index >= 15 is 0 Å². The van der Waals surface area contributed by atoms with Crippen molar-refractivity contribution in [3.05, 3.63) is 88.4 Å². The molecule has 0 atom stereocenters. The first kappa shape index (κ1) is 21.9. The highest BCUT2D eigenvalue weighted by molar-refractivity contribution is 7.99. The van der Waals surface area contributed by atoms with Crippen LogP contribution in [0.25, 0.3) is 10.2 Å². The van der Waals surface area contributed by atoms with E-state index in [1.54, 1.807) is 11.8 Å². The van der Waals surface area contributed by atoms with E-state index in [2.05, 4.69) is 31.2 Å². The molecule has 1 heterocycles. The Morgan fingerprint density at radius 1 is 1.03 bits per heavy atom. The molecular weight excluding hydrogens is 444 g/mol. The van der Waals surface area contributed by atoms with Crippen molar-refractivity contribution in [3.63, 3.8) is 0 Å². The molecule has 0 saturated carbocycles. The average molecular weight is 467 g/mol. The molecule has 0 saturated heterocycles. The van der Waals surface area contributed by atoms with Crippen molar-refractivity contribution < 1.29 is 4.79 Å². The van der Waals surface area contributed by atoms with Crippen molar-refractivity contribution >= 4 is 56.0 Å². The van der Waals surface area contributed by atoms with E-state index in [4.69, 9.17) is 16.6 Å². The largest absolute Gasteiger partial charge is 0.284 e. The monoisotopic (exact) mass is 466 g/mol. The number of hydrogen-bond donors (Lipinski definition) is 0. The minimum absolute atomic E-state index is 0.0753. The summed E-state index contributed by atoms with van der Waals surface area (Å²) in [7, 11) is 0. The number of aromatic nitrogens is 1. The summed E-state index contributed by atoms with van der Waals surface area (Å²) < 4.78 is 1.04. The predicted molar refractivity (Wildman–Crippen MR) is 134 cm³/mol. The van der Waals surface area contributed by atoms with Gasteiger partial charge in [-0.25, -0.2) is 4.98 Å². The summed E-state index contributed by atoms with van der Waals surface area (Å²) in [6, 6.07) is 22.3. The highest BCUT2D eigenvalue weighted by Crippen LogP contribution is 2.34. The van der Waals surface area contributed by atoms with Crippen LogP contribution in [0.3, 0.4) is 0 Å². The second-order valence-electron chi connectivity index (χ2n) is 7.39. The van der Waals surface area contributed by atoms with Gasteiger partial charge in [-0.1, -0.05) is 71.0 Å². The highest BCUT2D eigenvalue weighted by atomic mass is 35.5. The average Bonchev–Trinajstić information content (AvgIpc) is 3.21. The summed E-state index contributed by atoms with van der Waals surface area (Å²) in [5.74, 6) is 0.800. The molecule has 31 heavy (non-hydrogen) atoms. The summed E-state index contributed by atoms with van der Waals surface area (Å²) in [5, 5.41) is 1.41. The number of carbonyl (C=O) groups is 1. The standard InChI is InChI=1S/C25H23ClN2OS2/c1-17-8-10-20(11-9-17)30-15-14-23(29)28(16-19-6-4-3-5-7-19)25-27-24-18(2)21(26)12-13-22(24)31-25/h3-13H,14-16H2,1-2H3. The fourth-order valence-corrected chi connectivity index (χ4v) is 5.29. The first-order valence-corrected chi connectivity index (χ1v) is 12.3. The van der Waals surface area contributed by atoms with Crippen molar-refractivity contribution in [1.29, 1.82) is 0 Å². The number of amides is 1. The maximum absolute atomic E-state index is 13.3. The summed E-state index contributed by atoms with van der Waals surface area (Å²) in [6.45, 7) is 4.55.